The van der Waals surface area contributed by atoms with Crippen LogP contribution < -0.4 is 5.73 Å². The molecule has 0 fully saturated rings. The quantitative estimate of drug-likeness (QED) is 0.918. The molecule has 3 heteroatoms. The molecule has 1 atom stereocenters. The molecule has 0 aliphatic heterocycles. The Labute approximate surface area is 132 Å². The van der Waals surface area contributed by atoms with Crippen LogP contribution in [0.3, 0.4) is 0 Å². The third kappa shape index (κ3) is 3.95. The first-order valence-electron chi connectivity index (χ1n) is 7.63. The maximum absolute atomic E-state index is 12.4. The third-order valence-corrected chi connectivity index (χ3v) is 3.87. The Kier molecular flexibility index (Phi) is 5.34. The van der Waals surface area contributed by atoms with Crippen molar-refractivity contribution in [3.05, 3.63) is 71.3 Å². The SMILES string of the molecule is CC(C)c1ccc(CN(C)C(=O)C(N)c2ccccc2)cc1. The van der Waals surface area contributed by atoms with Crippen LogP contribution in [0.2, 0.25) is 0 Å². The molecule has 0 bridgehead atoms. The van der Waals surface area contributed by atoms with Crippen LogP contribution in [0, 0.1) is 0 Å². The van der Waals surface area contributed by atoms with E-state index in [0.717, 1.165) is 11.1 Å². The van der Waals surface area contributed by atoms with Gasteiger partial charge in [-0.1, -0.05) is 68.4 Å². The van der Waals surface area contributed by atoms with Gasteiger partial charge >= 0.3 is 0 Å². The van der Waals surface area contributed by atoms with Crippen LogP contribution in [0.1, 0.15) is 42.5 Å². The van der Waals surface area contributed by atoms with Crippen molar-refractivity contribution >= 4 is 5.91 Å². The van der Waals surface area contributed by atoms with Gasteiger partial charge in [0.05, 0.1) is 0 Å². The minimum absolute atomic E-state index is 0.0702. The summed E-state index contributed by atoms with van der Waals surface area (Å²) in [5, 5.41) is 0. The van der Waals surface area contributed by atoms with E-state index >= 15 is 0 Å². The molecular weight excluding hydrogens is 272 g/mol. The Balaban J connectivity index is 2.02. The summed E-state index contributed by atoms with van der Waals surface area (Å²) in [7, 11) is 1.79. The van der Waals surface area contributed by atoms with Crippen molar-refractivity contribution in [1.82, 2.24) is 4.90 Å². The van der Waals surface area contributed by atoms with E-state index in [4.69, 9.17) is 5.73 Å². The van der Waals surface area contributed by atoms with Gasteiger partial charge in [-0.05, 0) is 22.6 Å². The first-order chi connectivity index (χ1) is 10.5. The number of rotatable bonds is 5. The third-order valence-electron chi connectivity index (χ3n) is 3.87. The fourth-order valence-corrected chi connectivity index (χ4v) is 2.40. The number of hydrogen-bond acceptors (Lipinski definition) is 2. The van der Waals surface area contributed by atoms with E-state index in [2.05, 4.69) is 38.1 Å². The van der Waals surface area contributed by atoms with Gasteiger partial charge in [0.25, 0.3) is 0 Å². The van der Waals surface area contributed by atoms with E-state index in [9.17, 15) is 4.79 Å². The Morgan fingerprint density at radius 3 is 2.14 bits per heavy atom. The molecule has 116 valence electrons. The molecule has 0 radical (unpaired) electrons. The van der Waals surface area contributed by atoms with Crippen molar-refractivity contribution in [2.45, 2.75) is 32.4 Å². The smallest absolute Gasteiger partial charge is 0.244 e. The van der Waals surface area contributed by atoms with Crippen LogP contribution in [-0.4, -0.2) is 17.9 Å². The van der Waals surface area contributed by atoms with E-state index in [1.165, 1.54) is 5.56 Å². The Bertz CT molecular complexity index is 605. The highest BCUT2D eigenvalue weighted by Crippen LogP contribution is 2.17. The number of nitrogens with zero attached hydrogens (tertiary/aromatic N) is 1. The van der Waals surface area contributed by atoms with Crippen molar-refractivity contribution in [2.24, 2.45) is 5.73 Å². The molecule has 22 heavy (non-hydrogen) atoms. The van der Waals surface area contributed by atoms with Crippen molar-refractivity contribution in [2.75, 3.05) is 7.05 Å². The number of likely N-dealkylation sites (N-methyl/N-ethyl adjacent to an activating group) is 1. The van der Waals surface area contributed by atoms with Gasteiger partial charge in [0, 0.05) is 13.6 Å². The molecule has 0 spiro atoms. The molecule has 0 saturated carbocycles. The van der Waals surface area contributed by atoms with Crippen molar-refractivity contribution in [1.29, 1.82) is 0 Å². The summed E-state index contributed by atoms with van der Waals surface area (Å²) in [5.74, 6) is 0.444. The number of benzene rings is 2. The summed E-state index contributed by atoms with van der Waals surface area (Å²) in [6.07, 6.45) is 0. The maximum atomic E-state index is 12.4. The fourth-order valence-electron chi connectivity index (χ4n) is 2.40. The van der Waals surface area contributed by atoms with E-state index in [0.29, 0.717) is 12.5 Å². The summed E-state index contributed by atoms with van der Waals surface area (Å²) in [6.45, 7) is 4.91. The van der Waals surface area contributed by atoms with E-state index in [1.807, 2.05) is 30.3 Å². The van der Waals surface area contributed by atoms with Crippen LogP contribution in [0.5, 0.6) is 0 Å². The lowest BCUT2D eigenvalue weighted by Crippen LogP contribution is -2.35. The summed E-state index contributed by atoms with van der Waals surface area (Å²) in [6, 6.07) is 17.3. The predicted molar refractivity (Wildman–Crippen MR) is 90.4 cm³/mol. The van der Waals surface area contributed by atoms with Crippen LogP contribution >= 0.6 is 0 Å². The standard InChI is InChI=1S/C19H24N2O/c1-14(2)16-11-9-15(10-12-16)13-21(3)19(22)18(20)17-7-5-4-6-8-17/h4-12,14,18H,13,20H2,1-3H3. The van der Waals surface area contributed by atoms with Crippen molar-refractivity contribution in [3.63, 3.8) is 0 Å². The molecule has 2 aromatic rings. The topological polar surface area (TPSA) is 46.3 Å². The zero-order valence-electron chi connectivity index (χ0n) is 13.5. The molecule has 2 rings (SSSR count). The lowest BCUT2D eigenvalue weighted by Gasteiger charge is -2.22. The largest absolute Gasteiger partial charge is 0.340 e. The van der Waals surface area contributed by atoms with Gasteiger partial charge in [0.1, 0.15) is 6.04 Å². The highest BCUT2D eigenvalue weighted by atomic mass is 16.2. The molecule has 1 amide bonds. The Morgan fingerprint density at radius 1 is 1.00 bits per heavy atom. The van der Waals surface area contributed by atoms with Gasteiger partial charge in [-0.15, -0.1) is 0 Å². The van der Waals surface area contributed by atoms with E-state index in [1.54, 1.807) is 11.9 Å². The Hall–Kier alpha value is -2.13. The molecule has 2 N–H and O–H groups in total. The molecule has 1 unspecified atom stereocenters. The van der Waals surface area contributed by atoms with Gasteiger partial charge in [-0.2, -0.15) is 0 Å². The number of hydrogen-bond donors (Lipinski definition) is 1. The van der Waals surface area contributed by atoms with Crippen LogP contribution in [0.4, 0.5) is 0 Å². The molecule has 2 aromatic carbocycles. The molecule has 0 saturated heterocycles. The van der Waals surface area contributed by atoms with E-state index < -0.39 is 6.04 Å². The van der Waals surface area contributed by atoms with Gasteiger partial charge in [0.2, 0.25) is 5.91 Å². The van der Waals surface area contributed by atoms with Crippen LogP contribution in [0.25, 0.3) is 0 Å². The highest BCUT2D eigenvalue weighted by molar-refractivity contribution is 5.82. The minimum Gasteiger partial charge on any atom is -0.340 e. The average Bonchev–Trinajstić information content (AvgIpc) is 2.54. The fraction of sp³-hybridized carbons (Fsp3) is 0.316. The number of amides is 1. The van der Waals surface area contributed by atoms with Crippen molar-refractivity contribution in [3.8, 4) is 0 Å². The number of carbonyl (C=O) groups excluding carboxylic acids is 1. The lowest BCUT2D eigenvalue weighted by molar-refractivity contribution is -0.131. The highest BCUT2D eigenvalue weighted by Gasteiger charge is 2.19. The van der Waals surface area contributed by atoms with Crippen molar-refractivity contribution < 1.29 is 4.79 Å². The van der Waals surface area contributed by atoms with Crippen LogP contribution in [-0.2, 0) is 11.3 Å². The summed E-state index contributed by atoms with van der Waals surface area (Å²) < 4.78 is 0. The van der Waals surface area contributed by atoms with E-state index in [-0.39, 0.29) is 5.91 Å². The molecule has 0 aliphatic carbocycles. The zero-order chi connectivity index (χ0) is 16.1. The Morgan fingerprint density at radius 2 is 1.59 bits per heavy atom. The molecular formula is C19H24N2O. The van der Waals surface area contributed by atoms with Gasteiger partial charge in [-0.25, -0.2) is 0 Å². The van der Waals surface area contributed by atoms with Gasteiger partial charge in [0.15, 0.2) is 0 Å². The minimum atomic E-state index is -0.610. The second-order valence-electron chi connectivity index (χ2n) is 5.98. The molecule has 3 nitrogen and oxygen atoms in total. The zero-order valence-corrected chi connectivity index (χ0v) is 13.5. The maximum Gasteiger partial charge on any atom is 0.244 e. The predicted octanol–water partition coefficient (Wildman–Crippen LogP) is 3.47. The normalized spacial score (nSPS) is 12.2. The molecule has 0 aromatic heterocycles. The second kappa shape index (κ2) is 7.23. The number of nitrogens with two attached hydrogens (primary N) is 1. The first-order valence-corrected chi connectivity index (χ1v) is 7.63. The second-order valence-corrected chi connectivity index (χ2v) is 5.98. The molecule has 0 heterocycles. The van der Waals surface area contributed by atoms with Gasteiger partial charge < -0.3 is 10.6 Å². The summed E-state index contributed by atoms with van der Waals surface area (Å²) >= 11 is 0. The monoisotopic (exact) mass is 296 g/mol. The number of carbonyl (C=O) groups is 1. The van der Waals surface area contributed by atoms with Crippen LogP contribution in [0.15, 0.2) is 54.6 Å². The molecule has 0 aliphatic rings. The summed E-state index contributed by atoms with van der Waals surface area (Å²) in [5.41, 5.74) is 9.32. The lowest BCUT2D eigenvalue weighted by atomic mass is 10.0. The first kappa shape index (κ1) is 16.2. The van der Waals surface area contributed by atoms with Gasteiger partial charge in [-0.3, -0.25) is 4.79 Å². The summed E-state index contributed by atoms with van der Waals surface area (Å²) in [4.78, 5) is 14.1. The average molecular weight is 296 g/mol.